The zero-order valence-corrected chi connectivity index (χ0v) is 14.0. The summed E-state index contributed by atoms with van der Waals surface area (Å²) in [4.78, 5) is 7.44. The van der Waals surface area contributed by atoms with E-state index in [0.29, 0.717) is 12.4 Å². The summed E-state index contributed by atoms with van der Waals surface area (Å²) in [6.45, 7) is 0.737. The third-order valence-corrected chi connectivity index (χ3v) is 5.93. The summed E-state index contributed by atoms with van der Waals surface area (Å²) in [5.41, 5.74) is 2.40. The summed E-state index contributed by atoms with van der Waals surface area (Å²) in [6.07, 6.45) is 3.55. The second-order valence-electron chi connectivity index (χ2n) is 5.85. The number of hydrogen-bond donors (Lipinski definition) is 3. The first-order valence-corrected chi connectivity index (χ1v) is 9.62. The fraction of sp³-hybridized carbons (Fsp3) is 0.438. The molecular weight excluding hydrogens is 312 g/mol. The van der Waals surface area contributed by atoms with Crippen LogP contribution < -0.4 is 10.6 Å². The highest BCUT2D eigenvalue weighted by Crippen LogP contribution is 2.17. The van der Waals surface area contributed by atoms with Crippen molar-refractivity contribution in [2.45, 2.75) is 18.9 Å². The van der Waals surface area contributed by atoms with Crippen LogP contribution in [0.25, 0.3) is 10.9 Å². The van der Waals surface area contributed by atoms with Crippen molar-refractivity contribution < 1.29 is 8.42 Å². The van der Waals surface area contributed by atoms with Crippen molar-refractivity contribution in [1.82, 2.24) is 15.6 Å². The van der Waals surface area contributed by atoms with Crippen molar-refractivity contribution in [1.29, 1.82) is 0 Å². The number of nitrogens with one attached hydrogen (secondary N) is 3. The molecule has 7 heteroatoms. The zero-order valence-electron chi connectivity index (χ0n) is 13.2. The van der Waals surface area contributed by atoms with Crippen LogP contribution in [0.1, 0.15) is 12.0 Å². The molecule has 2 aromatic rings. The third-order valence-electron chi connectivity index (χ3n) is 4.16. The highest BCUT2D eigenvalue weighted by Gasteiger charge is 2.28. The first-order chi connectivity index (χ1) is 11.1. The Balaban J connectivity index is 1.53. The van der Waals surface area contributed by atoms with Gasteiger partial charge >= 0.3 is 0 Å². The van der Waals surface area contributed by atoms with Crippen LogP contribution >= 0.6 is 0 Å². The largest absolute Gasteiger partial charge is 0.361 e. The Hall–Kier alpha value is -2.02. The number of aromatic amines is 1. The maximum absolute atomic E-state index is 11.5. The van der Waals surface area contributed by atoms with E-state index in [-0.39, 0.29) is 17.5 Å². The number of guanidine groups is 1. The van der Waals surface area contributed by atoms with Gasteiger partial charge in [0.15, 0.2) is 15.8 Å². The van der Waals surface area contributed by atoms with Gasteiger partial charge in [0, 0.05) is 36.7 Å². The van der Waals surface area contributed by atoms with E-state index < -0.39 is 9.84 Å². The fourth-order valence-corrected chi connectivity index (χ4v) is 4.62. The maximum atomic E-state index is 11.5. The van der Waals surface area contributed by atoms with E-state index >= 15 is 0 Å². The van der Waals surface area contributed by atoms with Gasteiger partial charge < -0.3 is 15.6 Å². The SMILES string of the molecule is CN=C(NCCc1c[nH]c2ccccc12)NC1CCS(=O)(=O)C1. The molecule has 23 heavy (non-hydrogen) atoms. The summed E-state index contributed by atoms with van der Waals surface area (Å²) < 4.78 is 23.0. The topological polar surface area (TPSA) is 86.3 Å². The monoisotopic (exact) mass is 334 g/mol. The number of aliphatic imine (C=N–C) groups is 1. The first kappa shape index (κ1) is 15.9. The Morgan fingerprint density at radius 1 is 1.39 bits per heavy atom. The molecule has 1 aromatic heterocycles. The summed E-state index contributed by atoms with van der Waals surface area (Å²) in [6, 6.07) is 8.18. The van der Waals surface area contributed by atoms with Gasteiger partial charge in [-0.25, -0.2) is 8.42 Å². The number of fused-ring (bicyclic) bond motifs is 1. The van der Waals surface area contributed by atoms with Gasteiger partial charge in [0.05, 0.1) is 11.5 Å². The lowest BCUT2D eigenvalue weighted by atomic mass is 10.1. The van der Waals surface area contributed by atoms with E-state index in [1.165, 1.54) is 10.9 Å². The summed E-state index contributed by atoms with van der Waals surface area (Å²) in [7, 11) is -1.18. The molecule has 0 aliphatic carbocycles. The molecule has 0 radical (unpaired) electrons. The Morgan fingerprint density at radius 3 is 2.96 bits per heavy atom. The van der Waals surface area contributed by atoms with Crippen molar-refractivity contribution in [2.75, 3.05) is 25.1 Å². The number of sulfone groups is 1. The zero-order chi connectivity index (χ0) is 16.3. The molecular formula is C16H22N4O2S. The standard InChI is InChI=1S/C16H22N4O2S/c1-17-16(20-13-7-9-23(21,22)11-13)18-8-6-12-10-19-15-5-3-2-4-14(12)15/h2-5,10,13,19H,6-9,11H2,1H3,(H2,17,18,20). The van der Waals surface area contributed by atoms with Gasteiger partial charge in [0.25, 0.3) is 0 Å². The van der Waals surface area contributed by atoms with Gasteiger partial charge in [0.1, 0.15) is 0 Å². The van der Waals surface area contributed by atoms with Crippen molar-refractivity contribution in [2.24, 2.45) is 4.99 Å². The number of benzene rings is 1. The molecule has 0 saturated carbocycles. The molecule has 1 aliphatic rings. The minimum Gasteiger partial charge on any atom is -0.361 e. The van der Waals surface area contributed by atoms with E-state index in [1.807, 2.05) is 18.3 Å². The third kappa shape index (κ3) is 3.85. The second kappa shape index (κ2) is 6.62. The van der Waals surface area contributed by atoms with Crippen molar-refractivity contribution in [3.05, 3.63) is 36.0 Å². The number of nitrogens with zero attached hydrogens (tertiary/aromatic N) is 1. The molecule has 3 rings (SSSR count). The molecule has 2 heterocycles. The smallest absolute Gasteiger partial charge is 0.191 e. The van der Waals surface area contributed by atoms with E-state index in [2.05, 4.69) is 32.7 Å². The number of aromatic nitrogens is 1. The van der Waals surface area contributed by atoms with Crippen molar-refractivity contribution in [3.63, 3.8) is 0 Å². The average Bonchev–Trinajstić information content (AvgIpc) is 3.09. The lowest BCUT2D eigenvalue weighted by Gasteiger charge is -2.15. The van der Waals surface area contributed by atoms with Crippen LogP contribution in [0.5, 0.6) is 0 Å². The van der Waals surface area contributed by atoms with Gasteiger partial charge in [0.2, 0.25) is 0 Å². The molecule has 0 spiro atoms. The normalized spacial score (nSPS) is 20.7. The number of rotatable bonds is 4. The minimum atomic E-state index is -2.88. The molecule has 0 bridgehead atoms. The van der Waals surface area contributed by atoms with Gasteiger partial charge in [-0.05, 0) is 24.5 Å². The Labute approximate surface area is 136 Å². The first-order valence-electron chi connectivity index (χ1n) is 7.80. The quantitative estimate of drug-likeness (QED) is 0.576. The van der Waals surface area contributed by atoms with Crippen molar-refractivity contribution in [3.8, 4) is 0 Å². The molecule has 6 nitrogen and oxygen atoms in total. The maximum Gasteiger partial charge on any atom is 0.191 e. The molecule has 0 amide bonds. The average molecular weight is 334 g/mol. The predicted octanol–water partition coefficient (Wildman–Crippen LogP) is 1.06. The van der Waals surface area contributed by atoms with Crippen LogP contribution in [0, 0.1) is 0 Å². The van der Waals surface area contributed by atoms with Crippen LogP contribution in [0.4, 0.5) is 0 Å². The molecule has 1 saturated heterocycles. The molecule has 1 unspecified atom stereocenters. The molecule has 1 aromatic carbocycles. The molecule has 1 atom stereocenters. The predicted molar refractivity (Wildman–Crippen MR) is 93.6 cm³/mol. The van der Waals surface area contributed by atoms with E-state index in [0.717, 1.165) is 18.5 Å². The van der Waals surface area contributed by atoms with E-state index in [4.69, 9.17) is 0 Å². The summed E-state index contributed by atoms with van der Waals surface area (Å²) >= 11 is 0. The van der Waals surface area contributed by atoms with Crippen LogP contribution in [-0.2, 0) is 16.3 Å². The van der Waals surface area contributed by atoms with E-state index in [1.54, 1.807) is 7.05 Å². The van der Waals surface area contributed by atoms with Crippen LogP contribution in [-0.4, -0.2) is 50.5 Å². The Morgan fingerprint density at radius 2 is 2.22 bits per heavy atom. The highest BCUT2D eigenvalue weighted by atomic mass is 32.2. The van der Waals surface area contributed by atoms with Gasteiger partial charge in [-0.15, -0.1) is 0 Å². The summed E-state index contributed by atoms with van der Waals surface area (Å²) in [5.74, 6) is 1.11. The number of H-pyrrole nitrogens is 1. The second-order valence-corrected chi connectivity index (χ2v) is 8.08. The number of para-hydroxylation sites is 1. The molecule has 3 N–H and O–H groups in total. The highest BCUT2D eigenvalue weighted by molar-refractivity contribution is 7.91. The van der Waals surface area contributed by atoms with Gasteiger partial charge in [-0.3, -0.25) is 4.99 Å². The minimum absolute atomic E-state index is 0.0423. The van der Waals surface area contributed by atoms with Crippen LogP contribution in [0.3, 0.4) is 0 Å². The molecule has 1 fully saturated rings. The van der Waals surface area contributed by atoms with Gasteiger partial charge in [-0.2, -0.15) is 0 Å². The Bertz CT molecular complexity index is 810. The van der Waals surface area contributed by atoms with E-state index in [9.17, 15) is 8.42 Å². The van der Waals surface area contributed by atoms with Crippen molar-refractivity contribution >= 4 is 26.7 Å². The molecule has 124 valence electrons. The Kier molecular flexibility index (Phi) is 4.56. The lowest BCUT2D eigenvalue weighted by Crippen LogP contribution is -2.44. The number of hydrogen-bond acceptors (Lipinski definition) is 3. The lowest BCUT2D eigenvalue weighted by molar-refractivity contribution is 0.599. The molecule has 1 aliphatic heterocycles. The fourth-order valence-electron chi connectivity index (χ4n) is 2.95. The van der Waals surface area contributed by atoms with Crippen LogP contribution in [0.15, 0.2) is 35.5 Å². The van der Waals surface area contributed by atoms with Crippen LogP contribution in [0.2, 0.25) is 0 Å². The summed E-state index contributed by atoms with van der Waals surface area (Å²) in [5, 5.41) is 7.68. The van der Waals surface area contributed by atoms with Gasteiger partial charge in [-0.1, -0.05) is 18.2 Å².